The fourth-order valence-electron chi connectivity index (χ4n) is 2.42. The van der Waals surface area contributed by atoms with Gasteiger partial charge in [0.05, 0.1) is 0 Å². The molecule has 5 nitrogen and oxygen atoms in total. The van der Waals surface area contributed by atoms with Gasteiger partial charge in [0.15, 0.2) is 0 Å². The molecule has 1 aliphatic heterocycles. The molecule has 0 aromatic heterocycles. The molecule has 0 unspecified atom stereocenters. The highest BCUT2D eigenvalue weighted by Crippen LogP contribution is 2.18. The monoisotopic (exact) mass is 365 g/mol. The normalized spacial score (nSPS) is 16.1. The topological polar surface area (TPSA) is 55.8 Å². The summed E-state index contributed by atoms with van der Waals surface area (Å²) in [5, 5.41) is 0.650. The molecule has 136 valence electrons. The number of carbonyl (C=O) groups excluding carboxylic acids is 2. The minimum atomic E-state index is -0.507. The van der Waals surface area contributed by atoms with Crippen LogP contribution in [0.2, 0.25) is 5.02 Å². The van der Waals surface area contributed by atoms with Crippen molar-refractivity contribution >= 4 is 29.7 Å². The first kappa shape index (κ1) is 19.3. The first-order chi connectivity index (χ1) is 11.7. The summed E-state index contributed by atoms with van der Waals surface area (Å²) < 4.78 is 10.8. The number of piperidine rings is 1. The van der Waals surface area contributed by atoms with Crippen molar-refractivity contribution < 1.29 is 19.1 Å². The lowest BCUT2D eigenvalue weighted by Gasteiger charge is -2.33. The molecular formula is C19H24ClNO4. The van der Waals surface area contributed by atoms with Crippen LogP contribution in [0.25, 0.3) is 6.08 Å². The Labute approximate surface area is 153 Å². The second-order valence-electron chi connectivity index (χ2n) is 6.99. The molecule has 0 radical (unpaired) electrons. The third kappa shape index (κ3) is 6.78. The van der Waals surface area contributed by atoms with E-state index in [2.05, 4.69) is 0 Å². The predicted molar refractivity (Wildman–Crippen MR) is 97.4 cm³/mol. The van der Waals surface area contributed by atoms with Crippen LogP contribution in [0, 0.1) is 0 Å². The van der Waals surface area contributed by atoms with Crippen molar-refractivity contribution in [3.63, 3.8) is 0 Å². The number of hydrogen-bond acceptors (Lipinski definition) is 4. The molecule has 0 spiro atoms. The van der Waals surface area contributed by atoms with Gasteiger partial charge in [0.1, 0.15) is 11.7 Å². The zero-order valence-corrected chi connectivity index (χ0v) is 15.6. The van der Waals surface area contributed by atoms with Crippen molar-refractivity contribution in [3.05, 3.63) is 40.9 Å². The summed E-state index contributed by atoms with van der Waals surface area (Å²) in [5.41, 5.74) is 0.369. The van der Waals surface area contributed by atoms with Gasteiger partial charge in [-0.2, -0.15) is 0 Å². The van der Waals surface area contributed by atoms with E-state index in [1.54, 1.807) is 23.1 Å². The van der Waals surface area contributed by atoms with Crippen LogP contribution >= 0.6 is 11.6 Å². The summed E-state index contributed by atoms with van der Waals surface area (Å²) in [6.45, 7) is 6.56. The van der Waals surface area contributed by atoms with Crippen molar-refractivity contribution in [3.8, 4) is 0 Å². The lowest BCUT2D eigenvalue weighted by molar-refractivity contribution is -0.144. The van der Waals surface area contributed by atoms with Crippen molar-refractivity contribution in [1.29, 1.82) is 0 Å². The zero-order chi connectivity index (χ0) is 18.4. The Kier molecular flexibility index (Phi) is 6.48. The molecule has 1 amide bonds. The molecule has 1 aromatic rings. The van der Waals surface area contributed by atoms with Gasteiger partial charge in [0.25, 0.3) is 0 Å². The van der Waals surface area contributed by atoms with Crippen molar-refractivity contribution in [2.24, 2.45) is 0 Å². The van der Waals surface area contributed by atoms with E-state index in [0.717, 1.165) is 5.56 Å². The first-order valence-electron chi connectivity index (χ1n) is 8.35. The maximum Gasteiger partial charge on any atom is 0.410 e. The number of benzene rings is 1. The van der Waals surface area contributed by atoms with Crippen LogP contribution in [0.15, 0.2) is 30.3 Å². The summed E-state index contributed by atoms with van der Waals surface area (Å²) >= 11 is 5.82. The summed E-state index contributed by atoms with van der Waals surface area (Å²) in [4.78, 5) is 25.6. The quantitative estimate of drug-likeness (QED) is 0.592. The van der Waals surface area contributed by atoms with E-state index in [9.17, 15) is 9.59 Å². The Morgan fingerprint density at radius 2 is 1.76 bits per heavy atom. The van der Waals surface area contributed by atoms with E-state index in [1.165, 1.54) is 6.08 Å². The average molecular weight is 366 g/mol. The predicted octanol–water partition coefficient (Wildman–Crippen LogP) is 4.30. The van der Waals surface area contributed by atoms with Crippen LogP contribution in [-0.4, -0.2) is 41.8 Å². The van der Waals surface area contributed by atoms with E-state index >= 15 is 0 Å². The smallest absolute Gasteiger partial charge is 0.410 e. The minimum absolute atomic E-state index is 0.180. The van der Waals surface area contributed by atoms with E-state index in [4.69, 9.17) is 21.1 Å². The number of halogens is 1. The van der Waals surface area contributed by atoms with Gasteiger partial charge in [0.2, 0.25) is 0 Å². The second kappa shape index (κ2) is 8.39. The van der Waals surface area contributed by atoms with Gasteiger partial charge < -0.3 is 14.4 Å². The lowest BCUT2D eigenvalue weighted by Crippen LogP contribution is -2.43. The molecule has 2 rings (SSSR count). The molecule has 1 heterocycles. The summed E-state index contributed by atoms with van der Waals surface area (Å²) in [7, 11) is 0. The van der Waals surface area contributed by atoms with Crippen LogP contribution in [0.5, 0.6) is 0 Å². The molecule has 0 saturated carbocycles. The summed E-state index contributed by atoms with van der Waals surface area (Å²) in [5.74, 6) is -0.384. The van der Waals surface area contributed by atoms with Gasteiger partial charge in [-0.05, 0) is 44.5 Å². The van der Waals surface area contributed by atoms with Crippen molar-refractivity contribution in [2.45, 2.75) is 45.3 Å². The highest BCUT2D eigenvalue weighted by atomic mass is 35.5. The number of ether oxygens (including phenoxy) is 2. The fourth-order valence-corrected chi connectivity index (χ4v) is 2.55. The Balaban J connectivity index is 1.76. The Bertz CT molecular complexity index is 626. The van der Waals surface area contributed by atoms with Gasteiger partial charge in [0, 0.05) is 37.0 Å². The van der Waals surface area contributed by atoms with E-state index in [0.29, 0.717) is 31.0 Å². The average Bonchev–Trinajstić information content (AvgIpc) is 2.53. The van der Waals surface area contributed by atoms with Gasteiger partial charge >= 0.3 is 12.1 Å². The van der Waals surface area contributed by atoms with Crippen LogP contribution in [0.3, 0.4) is 0 Å². The van der Waals surface area contributed by atoms with Gasteiger partial charge in [-0.25, -0.2) is 9.59 Å². The number of likely N-dealkylation sites (tertiary alicyclic amines) is 1. The molecule has 0 aliphatic carbocycles. The van der Waals surface area contributed by atoms with E-state index in [1.807, 2.05) is 32.9 Å². The van der Waals surface area contributed by atoms with Crippen molar-refractivity contribution in [2.75, 3.05) is 13.1 Å². The minimum Gasteiger partial charge on any atom is -0.459 e. The van der Waals surface area contributed by atoms with E-state index < -0.39 is 5.60 Å². The van der Waals surface area contributed by atoms with Crippen LogP contribution in [-0.2, 0) is 14.3 Å². The third-order valence-electron chi connectivity index (χ3n) is 3.66. The van der Waals surface area contributed by atoms with Gasteiger partial charge in [-0.1, -0.05) is 23.7 Å². The Hall–Kier alpha value is -2.01. The zero-order valence-electron chi connectivity index (χ0n) is 14.8. The maximum atomic E-state index is 12.0. The number of carbonyl (C=O) groups is 2. The van der Waals surface area contributed by atoms with Crippen LogP contribution in [0.4, 0.5) is 4.79 Å². The second-order valence-corrected chi connectivity index (χ2v) is 7.42. The van der Waals surface area contributed by atoms with E-state index in [-0.39, 0.29) is 18.2 Å². The van der Waals surface area contributed by atoms with Crippen molar-refractivity contribution in [1.82, 2.24) is 4.90 Å². The highest BCUT2D eigenvalue weighted by Gasteiger charge is 2.28. The first-order valence-corrected chi connectivity index (χ1v) is 8.73. The maximum absolute atomic E-state index is 12.0. The van der Waals surface area contributed by atoms with Crippen LogP contribution < -0.4 is 0 Å². The molecule has 1 saturated heterocycles. The lowest BCUT2D eigenvalue weighted by atomic mass is 10.1. The molecule has 6 heteroatoms. The summed E-state index contributed by atoms with van der Waals surface area (Å²) in [6.07, 6.45) is 3.82. The Morgan fingerprint density at radius 3 is 2.32 bits per heavy atom. The number of esters is 1. The fraction of sp³-hybridized carbons (Fsp3) is 0.474. The number of hydrogen-bond donors (Lipinski definition) is 0. The molecule has 1 aromatic carbocycles. The summed E-state index contributed by atoms with van der Waals surface area (Å²) in [6, 6.07) is 7.18. The molecule has 0 N–H and O–H groups in total. The van der Waals surface area contributed by atoms with Gasteiger partial charge in [-0.3, -0.25) is 0 Å². The number of amides is 1. The van der Waals surface area contributed by atoms with Crippen LogP contribution in [0.1, 0.15) is 39.2 Å². The SMILES string of the molecule is CC(C)(C)OC(=O)N1CCC(OC(=O)/C=C/c2ccc(Cl)cc2)CC1. The molecule has 0 atom stereocenters. The molecule has 0 bridgehead atoms. The highest BCUT2D eigenvalue weighted by molar-refractivity contribution is 6.30. The largest absolute Gasteiger partial charge is 0.459 e. The molecule has 1 fully saturated rings. The standard InChI is InChI=1S/C19H24ClNO4/c1-19(2,3)25-18(23)21-12-10-16(11-13-21)24-17(22)9-6-14-4-7-15(20)8-5-14/h4-9,16H,10-13H2,1-3H3/b9-6+. The molecule has 1 aliphatic rings. The third-order valence-corrected chi connectivity index (χ3v) is 3.91. The number of nitrogens with zero attached hydrogens (tertiary/aromatic N) is 1. The Morgan fingerprint density at radius 1 is 1.16 bits per heavy atom. The number of rotatable bonds is 3. The van der Waals surface area contributed by atoms with Gasteiger partial charge in [-0.15, -0.1) is 0 Å². The molecular weight excluding hydrogens is 342 g/mol. The molecule has 25 heavy (non-hydrogen) atoms.